The summed E-state index contributed by atoms with van der Waals surface area (Å²) in [5, 5.41) is 6.14. The van der Waals surface area contributed by atoms with Gasteiger partial charge >= 0.3 is 0 Å². The highest BCUT2D eigenvalue weighted by Gasteiger charge is 2.21. The fraction of sp³-hybridized carbons (Fsp3) is 0.300. The molecule has 3 nitrogen and oxygen atoms in total. The van der Waals surface area contributed by atoms with E-state index in [9.17, 15) is 0 Å². The number of ether oxygens (including phenoxy) is 1. The van der Waals surface area contributed by atoms with E-state index in [2.05, 4.69) is 41.7 Å². The van der Waals surface area contributed by atoms with Gasteiger partial charge in [-0.15, -0.1) is 0 Å². The van der Waals surface area contributed by atoms with E-state index in [1.54, 1.807) is 7.11 Å². The Bertz CT molecular complexity index is 821. The van der Waals surface area contributed by atoms with Gasteiger partial charge in [0.2, 0.25) is 0 Å². The van der Waals surface area contributed by atoms with Crippen LogP contribution in [-0.2, 0) is 13.0 Å². The quantitative estimate of drug-likeness (QED) is 0.764. The summed E-state index contributed by atoms with van der Waals surface area (Å²) in [5.41, 5.74) is 2.64. The summed E-state index contributed by atoms with van der Waals surface area (Å²) in [6, 6.07) is 15.3. The number of benzene rings is 2. The Morgan fingerprint density at radius 3 is 2.91 bits per heavy atom. The first-order valence-corrected chi connectivity index (χ1v) is 8.20. The predicted octanol–water partition coefficient (Wildman–Crippen LogP) is 4.61. The normalized spacial score (nSPS) is 17.2. The summed E-state index contributed by atoms with van der Waals surface area (Å²) >= 11 is 0. The third-order valence-electron chi connectivity index (χ3n) is 4.72. The van der Waals surface area contributed by atoms with Gasteiger partial charge in [0.15, 0.2) is 0 Å². The fourth-order valence-electron chi connectivity index (χ4n) is 3.45. The number of rotatable bonds is 4. The van der Waals surface area contributed by atoms with Crippen LogP contribution in [0.1, 0.15) is 35.8 Å². The Kier molecular flexibility index (Phi) is 3.80. The summed E-state index contributed by atoms with van der Waals surface area (Å²) in [5.74, 6) is 2.05. The van der Waals surface area contributed by atoms with Crippen LogP contribution >= 0.6 is 0 Å². The van der Waals surface area contributed by atoms with E-state index in [1.165, 1.54) is 34.7 Å². The minimum absolute atomic E-state index is 0.407. The van der Waals surface area contributed by atoms with Gasteiger partial charge in [0, 0.05) is 24.6 Å². The van der Waals surface area contributed by atoms with E-state index < -0.39 is 0 Å². The summed E-state index contributed by atoms with van der Waals surface area (Å²) in [7, 11) is 1.70. The smallest absolute Gasteiger partial charge is 0.119 e. The molecule has 23 heavy (non-hydrogen) atoms. The molecule has 1 unspecified atom stereocenters. The molecular weight excluding hydrogens is 286 g/mol. The number of methoxy groups -OCH3 is 1. The van der Waals surface area contributed by atoms with Crippen LogP contribution in [0.25, 0.3) is 10.8 Å². The highest BCUT2D eigenvalue weighted by molar-refractivity contribution is 5.84. The number of hydrogen-bond acceptors (Lipinski definition) is 3. The largest absolute Gasteiger partial charge is 0.497 e. The molecule has 0 amide bonds. The number of furan rings is 1. The lowest BCUT2D eigenvalue weighted by Crippen LogP contribution is -2.23. The zero-order valence-electron chi connectivity index (χ0n) is 13.3. The number of hydrogen-bond donors (Lipinski definition) is 1. The van der Waals surface area contributed by atoms with Crippen LogP contribution < -0.4 is 10.1 Å². The van der Waals surface area contributed by atoms with Crippen LogP contribution in [0.2, 0.25) is 0 Å². The van der Waals surface area contributed by atoms with Gasteiger partial charge in [0.25, 0.3) is 0 Å². The summed E-state index contributed by atoms with van der Waals surface area (Å²) in [6.45, 7) is 0.872. The second-order valence-electron chi connectivity index (χ2n) is 6.17. The van der Waals surface area contributed by atoms with Crippen molar-refractivity contribution in [1.82, 2.24) is 5.32 Å². The maximum atomic E-state index is 5.57. The molecule has 0 fully saturated rings. The first-order valence-electron chi connectivity index (χ1n) is 8.20. The van der Waals surface area contributed by atoms with Gasteiger partial charge in [0.1, 0.15) is 11.5 Å². The van der Waals surface area contributed by atoms with Crippen molar-refractivity contribution >= 4 is 10.8 Å². The molecule has 0 spiro atoms. The van der Waals surface area contributed by atoms with E-state index in [1.807, 2.05) is 12.3 Å². The summed E-state index contributed by atoms with van der Waals surface area (Å²) < 4.78 is 10.8. The van der Waals surface area contributed by atoms with Crippen LogP contribution in [-0.4, -0.2) is 7.11 Å². The first kappa shape index (κ1) is 14.3. The van der Waals surface area contributed by atoms with Crippen molar-refractivity contribution in [2.24, 2.45) is 0 Å². The van der Waals surface area contributed by atoms with Gasteiger partial charge in [-0.05, 0) is 53.4 Å². The van der Waals surface area contributed by atoms with Crippen molar-refractivity contribution in [3.63, 3.8) is 0 Å². The molecule has 0 bridgehead atoms. The predicted molar refractivity (Wildman–Crippen MR) is 91.7 cm³/mol. The molecular formula is C20H21NO2. The molecule has 1 aliphatic rings. The van der Waals surface area contributed by atoms with Crippen LogP contribution in [0, 0.1) is 0 Å². The minimum atomic E-state index is 0.407. The molecule has 0 aliphatic heterocycles. The van der Waals surface area contributed by atoms with Gasteiger partial charge in [-0.2, -0.15) is 0 Å². The Hall–Kier alpha value is -2.26. The molecule has 1 atom stereocenters. The Morgan fingerprint density at radius 1 is 1.13 bits per heavy atom. The average molecular weight is 307 g/mol. The molecule has 1 aromatic heterocycles. The monoisotopic (exact) mass is 307 g/mol. The Morgan fingerprint density at radius 2 is 2.00 bits per heavy atom. The van der Waals surface area contributed by atoms with Gasteiger partial charge in [-0.3, -0.25) is 0 Å². The van der Waals surface area contributed by atoms with Crippen molar-refractivity contribution in [3.8, 4) is 5.75 Å². The van der Waals surface area contributed by atoms with Crippen LogP contribution in [0.3, 0.4) is 0 Å². The lowest BCUT2D eigenvalue weighted by Gasteiger charge is -2.23. The van der Waals surface area contributed by atoms with Crippen LogP contribution in [0.15, 0.2) is 53.1 Å². The molecule has 1 N–H and O–H groups in total. The number of aryl methyl sites for hydroxylation is 1. The highest BCUT2D eigenvalue weighted by atomic mass is 16.5. The van der Waals surface area contributed by atoms with Gasteiger partial charge in [-0.25, -0.2) is 0 Å². The standard InChI is InChI=1S/C20H21NO2/c1-22-17-8-7-15-11-14(5-6-16(15)12-17)13-21-19-3-2-4-20-18(19)9-10-23-20/h5-12,19,21H,2-4,13H2,1H3. The van der Waals surface area contributed by atoms with Crippen molar-refractivity contribution in [2.45, 2.75) is 31.8 Å². The SMILES string of the molecule is COc1ccc2cc(CNC3CCCc4occc43)ccc2c1. The molecule has 1 aliphatic carbocycles. The first-order chi connectivity index (χ1) is 11.3. The second kappa shape index (κ2) is 6.09. The molecule has 1 heterocycles. The van der Waals surface area contributed by atoms with Crippen molar-refractivity contribution in [1.29, 1.82) is 0 Å². The maximum Gasteiger partial charge on any atom is 0.119 e. The van der Waals surface area contributed by atoms with E-state index in [-0.39, 0.29) is 0 Å². The average Bonchev–Trinajstić information content (AvgIpc) is 3.08. The maximum absolute atomic E-state index is 5.57. The molecule has 3 heteroatoms. The van der Waals surface area contributed by atoms with Crippen LogP contribution in [0.5, 0.6) is 5.75 Å². The van der Waals surface area contributed by atoms with E-state index in [0.717, 1.165) is 24.5 Å². The summed E-state index contributed by atoms with van der Waals surface area (Å²) in [6.07, 6.45) is 5.25. The van der Waals surface area contributed by atoms with Crippen molar-refractivity contribution in [3.05, 3.63) is 65.6 Å². The molecule has 118 valence electrons. The fourth-order valence-corrected chi connectivity index (χ4v) is 3.45. The molecule has 0 radical (unpaired) electrons. The molecule has 2 aromatic carbocycles. The minimum Gasteiger partial charge on any atom is -0.497 e. The van der Waals surface area contributed by atoms with Crippen molar-refractivity contribution < 1.29 is 9.15 Å². The van der Waals surface area contributed by atoms with Gasteiger partial charge < -0.3 is 14.5 Å². The van der Waals surface area contributed by atoms with E-state index in [0.29, 0.717) is 6.04 Å². The Balaban J connectivity index is 1.50. The molecule has 0 saturated carbocycles. The third kappa shape index (κ3) is 2.84. The van der Waals surface area contributed by atoms with E-state index >= 15 is 0 Å². The molecule has 3 aromatic rings. The Labute approximate surface area is 136 Å². The zero-order valence-corrected chi connectivity index (χ0v) is 13.3. The number of nitrogens with one attached hydrogen (secondary N) is 1. The second-order valence-corrected chi connectivity index (χ2v) is 6.17. The third-order valence-corrected chi connectivity index (χ3v) is 4.72. The lowest BCUT2D eigenvalue weighted by molar-refractivity contribution is 0.411. The van der Waals surface area contributed by atoms with Gasteiger partial charge in [-0.1, -0.05) is 18.2 Å². The van der Waals surface area contributed by atoms with Gasteiger partial charge in [0.05, 0.1) is 13.4 Å². The summed E-state index contributed by atoms with van der Waals surface area (Å²) in [4.78, 5) is 0. The number of fused-ring (bicyclic) bond motifs is 2. The zero-order chi connectivity index (χ0) is 15.6. The lowest BCUT2D eigenvalue weighted by atomic mass is 9.93. The topological polar surface area (TPSA) is 34.4 Å². The van der Waals surface area contributed by atoms with Crippen molar-refractivity contribution in [2.75, 3.05) is 7.11 Å². The van der Waals surface area contributed by atoms with Crippen LogP contribution in [0.4, 0.5) is 0 Å². The molecule has 4 rings (SSSR count). The highest BCUT2D eigenvalue weighted by Crippen LogP contribution is 2.31. The van der Waals surface area contributed by atoms with E-state index in [4.69, 9.17) is 9.15 Å². The molecule has 0 saturated heterocycles.